The predicted molar refractivity (Wildman–Crippen MR) is 126 cm³/mol. The molecule has 1 aromatic heterocycles. The summed E-state index contributed by atoms with van der Waals surface area (Å²) in [4.78, 5) is 13.0. The fourth-order valence-corrected chi connectivity index (χ4v) is 3.23. The Labute approximate surface area is 187 Å². The number of hydrogen-bond donors (Lipinski definition) is 2. The van der Waals surface area contributed by atoms with Gasteiger partial charge in [-0.15, -0.1) is 0 Å². The monoisotopic (exact) mass is 436 g/mol. The highest BCUT2D eigenvalue weighted by atomic mass is 16.5. The van der Waals surface area contributed by atoms with E-state index in [-0.39, 0.29) is 22.5 Å². The van der Waals surface area contributed by atoms with Gasteiger partial charge in [-0.05, 0) is 64.5 Å². The van der Waals surface area contributed by atoms with Crippen molar-refractivity contribution in [3.63, 3.8) is 0 Å². The Morgan fingerprint density at radius 2 is 1.69 bits per heavy atom. The van der Waals surface area contributed by atoms with Crippen molar-refractivity contribution in [1.29, 1.82) is 0 Å². The summed E-state index contributed by atoms with van der Waals surface area (Å²) in [5, 5.41) is 21.1. The van der Waals surface area contributed by atoms with Crippen molar-refractivity contribution in [2.75, 3.05) is 13.7 Å². The zero-order valence-electron chi connectivity index (χ0n) is 19.0. The summed E-state index contributed by atoms with van der Waals surface area (Å²) in [6.07, 6.45) is 4.33. The summed E-state index contributed by atoms with van der Waals surface area (Å²) >= 11 is 0. The van der Waals surface area contributed by atoms with Gasteiger partial charge in [0.15, 0.2) is 5.76 Å². The van der Waals surface area contributed by atoms with Crippen LogP contribution in [-0.4, -0.2) is 23.9 Å². The molecule has 6 nitrogen and oxygen atoms in total. The highest BCUT2D eigenvalue weighted by Gasteiger charge is 2.23. The average molecular weight is 437 g/mol. The van der Waals surface area contributed by atoms with Gasteiger partial charge in [0.05, 0.1) is 7.11 Å². The fraction of sp³-hybridized carbons (Fsp3) is 0.269. The zero-order valence-corrected chi connectivity index (χ0v) is 19.0. The molecule has 168 valence electrons. The Morgan fingerprint density at radius 1 is 1.03 bits per heavy atom. The van der Waals surface area contributed by atoms with Crippen molar-refractivity contribution in [2.45, 2.75) is 34.1 Å². The number of aromatic hydroxyl groups is 2. The van der Waals surface area contributed by atoms with E-state index in [0.717, 1.165) is 11.1 Å². The molecule has 0 aliphatic rings. The summed E-state index contributed by atoms with van der Waals surface area (Å²) in [7, 11) is 1.55. The van der Waals surface area contributed by atoms with Gasteiger partial charge in [-0.2, -0.15) is 0 Å². The number of allylic oxidation sites excluding steroid dienone is 3. The second kappa shape index (κ2) is 9.64. The lowest BCUT2D eigenvalue weighted by Gasteiger charge is -2.15. The highest BCUT2D eigenvalue weighted by molar-refractivity contribution is 5.91. The Kier molecular flexibility index (Phi) is 6.93. The molecule has 0 radical (unpaired) electrons. The third-order valence-electron chi connectivity index (χ3n) is 4.98. The quantitative estimate of drug-likeness (QED) is 0.460. The molecular weight excluding hydrogens is 408 g/mol. The molecular formula is C26H28O6. The SMILES string of the molecule is COc1ccc(-c2oc3c(CC=C(C)C)c(OCC=C(C)C)cc(O)c3c(=O)c2O)cc1. The van der Waals surface area contributed by atoms with Gasteiger partial charge in [0.2, 0.25) is 11.2 Å². The number of methoxy groups -OCH3 is 1. The Hall–Kier alpha value is -3.67. The number of rotatable bonds is 7. The van der Waals surface area contributed by atoms with Crippen LogP contribution in [0.25, 0.3) is 22.3 Å². The summed E-state index contributed by atoms with van der Waals surface area (Å²) in [6, 6.07) is 8.19. The molecule has 0 atom stereocenters. The number of hydrogen-bond acceptors (Lipinski definition) is 6. The van der Waals surface area contributed by atoms with Gasteiger partial charge in [-0.25, -0.2) is 0 Å². The number of phenolic OH excluding ortho intramolecular Hbond substituents is 1. The zero-order chi connectivity index (χ0) is 23.4. The molecule has 0 aliphatic carbocycles. The van der Waals surface area contributed by atoms with E-state index in [0.29, 0.717) is 35.7 Å². The van der Waals surface area contributed by atoms with Gasteiger partial charge in [0.25, 0.3) is 0 Å². The van der Waals surface area contributed by atoms with Crippen LogP contribution in [0.2, 0.25) is 0 Å². The number of ether oxygens (including phenoxy) is 2. The van der Waals surface area contributed by atoms with Crippen LogP contribution in [0.15, 0.2) is 62.8 Å². The van der Waals surface area contributed by atoms with Gasteiger partial charge in [-0.1, -0.05) is 17.2 Å². The lowest BCUT2D eigenvalue weighted by atomic mass is 10.0. The third kappa shape index (κ3) is 4.80. The normalized spacial score (nSPS) is 10.7. The molecule has 6 heteroatoms. The smallest absolute Gasteiger partial charge is 0.238 e. The molecule has 0 saturated carbocycles. The number of fused-ring (bicyclic) bond motifs is 1. The molecule has 32 heavy (non-hydrogen) atoms. The number of phenols is 1. The molecule has 2 aromatic carbocycles. The summed E-state index contributed by atoms with van der Waals surface area (Å²) in [5.41, 5.74) is 2.78. The van der Waals surface area contributed by atoms with E-state index in [2.05, 4.69) is 0 Å². The van der Waals surface area contributed by atoms with Gasteiger partial charge < -0.3 is 24.1 Å². The van der Waals surface area contributed by atoms with E-state index in [1.54, 1.807) is 31.4 Å². The van der Waals surface area contributed by atoms with Crippen LogP contribution in [0, 0.1) is 0 Å². The maximum absolute atomic E-state index is 13.0. The van der Waals surface area contributed by atoms with Crippen molar-refractivity contribution in [2.24, 2.45) is 0 Å². The molecule has 1 heterocycles. The maximum Gasteiger partial charge on any atom is 0.238 e. The van der Waals surface area contributed by atoms with Crippen LogP contribution in [-0.2, 0) is 6.42 Å². The first-order chi connectivity index (χ1) is 15.2. The van der Waals surface area contributed by atoms with Crippen LogP contribution in [0.3, 0.4) is 0 Å². The summed E-state index contributed by atoms with van der Waals surface area (Å²) < 4.78 is 17.2. The van der Waals surface area contributed by atoms with Gasteiger partial charge in [0.1, 0.15) is 34.8 Å². The second-order valence-electron chi connectivity index (χ2n) is 7.99. The van der Waals surface area contributed by atoms with Crippen LogP contribution >= 0.6 is 0 Å². The van der Waals surface area contributed by atoms with Gasteiger partial charge in [0, 0.05) is 17.2 Å². The molecule has 0 amide bonds. The minimum Gasteiger partial charge on any atom is -0.507 e. The van der Waals surface area contributed by atoms with E-state index in [9.17, 15) is 15.0 Å². The van der Waals surface area contributed by atoms with Crippen LogP contribution in [0.4, 0.5) is 0 Å². The Balaban J connectivity index is 2.29. The van der Waals surface area contributed by atoms with E-state index in [1.807, 2.05) is 39.8 Å². The van der Waals surface area contributed by atoms with Crippen LogP contribution in [0.5, 0.6) is 23.0 Å². The molecule has 0 aliphatic heterocycles. The minimum atomic E-state index is -0.705. The topological polar surface area (TPSA) is 89.1 Å². The number of benzene rings is 2. The van der Waals surface area contributed by atoms with E-state index < -0.39 is 11.2 Å². The van der Waals surface area contributed by atoms with Gasteiger partial charge >= 0.3 is 0 Å². The molecule has 0 fully saturated rings. The van der Waals surface area contributed by atoms with Crippen molar-refractivity contribution in [1.82, 2.24) is 0 Å². The summed E-state index contributed by atoms with van der Waals surface area (Å²) in [6.45, 7) is 8.18. The molecule has 0 saturated heterocycles. The van der Waals surface area contributed by atoms with Crippen LogP contribution in [0.1, 0.15) is 33.3 Å². The van der Waals surface area contributed by atoms with E-state index in [4.69, 9.17) is 13.9 Å². The second-order valence-corrected chi connectivity index (χ2v) is 7.99. The largest absolute Gasteiger partial charge is 0.507 e. The first-order valence-corrected chi connectivity index (χ1v) is 10.3. The maximum atomic E-state index is 13.0. The van der Waals surface area contributed by atoms with E-state index in [1.165, 1.54) is 6.07 Å². The lowest BCUT2D eigenvalue weighted by molar-refractivity contribution is 0.355. The van der Waals surface area contributed by atoms with Crippen molar-refractivity contribution < 1.29 is 24.1 Å². The predicted octanol–water partition coefficient (Wildman–Crippen LogP) is 5.73. The minimum absolute atomic E-state index is 0.0180. The standard InChI is InChI=1S/C26H28O6/c1-15(2)6-11-19-21(31-13-12-16(3)4)14-20(27)22-23(28)24(29)25(32-26(19)22)17-7-9-18(30-5)10-8-17/h6-10,12,14,27,29H,11,13H2,1-5H3. The highest BCUT2D eigenvalue weighted by Crippen LogP contribution is 2.39. The average Bonchev–Trinajstić information content (AvgIpc) is 2.75. The molecule has 3 rings (SSSR count). The first-order valence-electron chi connectivity index (χ1n) is 10.3. The van der Waals surface area contributed by atoms with E-state index >= 15 is 0 Å². The van der Waals surface area contributed by atoms with Crippen molar-refractivity contribution in [3.8, 4) is 34.3 Å². The lowest BCUT2D eigenvalue weighted by Crippen LogP contribution is -2.06. The Morgan fingerprint density at radius 3 is 2.28 bits per heavy atom. The molecule has 0 spiro atoms. The molecule has 0 bridgehead atoms. The van der Waals surface area contributed by atoms with Crippen molar-refractivity contribution in [3.05, 3.63) is 69.4 Å². The van der Waals surface area contributed by atoms with Gasteiger partial charge in [-0.3, -0.25) is 4.79 Å². The first kappa shape index (κ1) is 23.0. The van der Waals surface area contributed by atoms with Crippen LogP contribution < -0.4 is 14.9 Å². The molecule has 3 aromatic rings. The third-order valence-corrected chi connectivity index (χ3v) is 4.98. The fourth-order valence-electron chi connectivity index (χ4n) is 3.23. The molecule has 2 N–H and O–H groups in total. The van der Waals surface area contributed by atoms with Crippen molar-refractivity contribution >= 4 is 11.0 Å². The molecule has 0 unspecified atom stereocenters. The summed E-state index contributed by atoms with van der Waals surface area (Å²) in [5.74, 6) is 0.194. The Bertz CT molecular complexity index is 1240.